The number of oxime groups is 1. The fourth-order valence-electron chi connectivity index (χ4n) is 5.82. The Balaban J connectivity index is 1.15. The molecule has 1 aromatic rings. The van der Waals surface area contributed by atoms with Crippen molar-refractivity contribution >= 4 is 18.6 Å². The SMILES string of the molecule is C=NOC(=NCC(C)C)N1CCC(C2CC2CCOc2ccc(CC(=O)NC3CCCC3)c(F)c2)CC1. The lowest BCUT2D eigenvalue weighted by molar-refractivity contribution is -0.121. The second kappa shape index (κ2) is 13.2. The quantitative estimate of drug-likeness (QED) is 0.251. The van der Waals surface area contributed by atoms with Gasteiger partial charge in [0.15, 0.2) is 0 Å². The third kappa shape index (κ3) is 8.17. The van der Waals surface area contributed by atoms with Crippen LogP contribution in [0.25, 0.3) is 0 Å². The number of amidine groups is 1. The number of nitrogens with one attached hydrogen (secondary N) is 1. The van der Waals surface area contributed by atoms with Crippen LogP contribution in [0.1, 0.15) is 70.8 Å². The van der Waals surface area contributed by atoms with E-state index in [1.54, 1.807) is 12.1 Å². The highest BCUT2D eigenvalue weighted by Crippen LogP contribution is 2.49. The number of rotatable bonds is 11. The van der Waals surface area contributed by atoms with Crippen molar-refractivity contribution in [2.75, 3.05) is 26.2 Å². The molecule has 8 heteroatoms. The van der Waals surface area contributed by atoms with Crippen LogP contribution in [-0.4, -0.2) is 55.8 Å². The molecule has 1 amide bonds. The molecule has 1 saturated heterocycles. The second-order valence-corrected chi connectivity index (χ2v) is 11.3. The predicted octanol–water partition coefficient (Wildman–Crippen LogP) is 5.19. The standard InChI is InChI=1S/C29H43FN4O3/c1-20(2)19-32-29(37-31-3)34-13-10-21(11-14-34)26-16-22(26)12-15-36-25-9-8-23(27(30)18-25)17-28(35)33-24-6-4-5-7-24/h8-9,18,20-22,24,26H,3-7,10-17,19H2,1-2H3,(H,33,35). The van der Waals surface area contributed by atoms with Crippen molar-refractivity contribution in [2.24, 2.45) is 33.8 Å². The van der Waals surface area contributed by atoms with Gasteiger partial charge < -0.3 is 19.8 Å². The van der Waals surface area contributed by atoms with Crippen LogP contribution in [0.15, 0.2) is 28.3 Å². The fraction of sp³-hybridized carbons (Fsp3) is 0.690. The smallest absolute Gasteiger partial charge is 0.317 e. The Hall–Kier alpha value is -2.64. The first-order chi connectivity index (χ1) is 17.9. The minimum absolute atomic E-state index is 0.0759. The fourth-order valence-corrected chi connectivity index (χ4v) is 5.82. The van der Waals surface area contributed by atoms with E-state index in [4.69, 9.17) is 9.57 Å². The number of aliphatic imine (C=N–C) groups is 1. The van der Waals surface area contributed by atoms with Crippen molar-refractivity contribution in [3.8, 4) is 5.75 Å². The maximum absolute atomic E-state index is 14.6. The van der Waals surface area contributed by atoms with E-state index >= 15 is 0 Å². The zero-order valence-corrected chi connectivity index (χ0v) is 22.5. The molecule has 0 radical (unpaired) electrons. The molecule has 4 rings (SSSR count). The van der Waals surface area contributed by atoms with Crippen molar-refractivity contribution < 1.29 is 18.8 Å². The molecule has 1 aromatic carbocycles. The lowest BCUT2D eigenvalue weighted by Crippen LogP contribution is -2.40. The van der Waals surface area contributed by atoms with Crippen LogP contribution in [0.4, 0.5) is 4.39 Å². The molecular weight excluding hydrogens is 471 g/mol. The van der Waals surface area contributed by atoms with Crippen LogP contribution in [0, 0.1) is 29.5 Å². The summed E-state index contributed by atoms with van der Waals surface area (Å²) in [6.45, 7) is 10.9. The number of hydrogen-bond donors (Lipinski definition) is 1. The van der Waals surface area contributed by atoms with E-state index in [2.05, 4.69) is 40.9 Å². The van der Waals surface area contributed by atoms with Crippen molar-refractivity contribution in [3.63, 3.8) is 0 Å². The summed E-state index contributed by atoms with van der Waals surface area (Å²) in [5.74, 6) is 2.68. The van der Waals surface area contributed by atoms with Gasteiger partial charge in [-0.15, -0.1) is 0 Å². The zero-order chi connectivity index (χ0) is 26.2. The van der Waals surface area contributed by atoms with Crippen LogP contribution in [0.5, 0.6) is 5.75 Å². The van der Waals surface area contributed by atoms with E-state index in [1.165, 1.54) is 12.5 Å². The van der Waals surface area contributed by atoms with E-state index in [0.717, 1.165) is 76.4 Å². The zero-order valence-electron chi connectivity index (χ0n) is 22.5. The minimum Gasteiger partial charge on any atom is -0.493 e. The van der Waals surface area contributed by atoms with Gasteiger partial charge >= 0.3 is 6.02 Å². The summed E-state index contributed by atoms with van der Waals surface area (Å²) >= 11 is 0. The van der Waals surface area contributed by atoms with E-state index < -0.39 is 0 Å². The van der Waals surface area contributed by atoms with Gasteiger partial charge in [0.1, 0.15) is 11.6 Å². The highest BCUT2D eigenvalue weighted by molar-refractivity contribution is 5.79. The molecule has 1 aliphatic heterocycles. The number of piperidine rings is 1. The number of ether oxygens (including phenoxy) is 1. The number of benzene rings is 1. The van der Waals surface area contributed by atoms with Gasteiger partial charge in [-0.05, 0) is 73.8 Å². The largest absolute Gasteiger partial charge is 0.493 e. The third-order valence-electron chi connectivity index (χ3n) is 7.98. The normalized spacial score (nSPS) is 22.8. The first-order valence-electron chi connectivity index (χ1n) is 14.1. The number of hydrogen-bond acceptors (Lipinski definition) is 5. The number of halogens is 1. The Bertz CT molecular complexity index is 939. The molecule has 2 saturated carbocycles. The summed E-state index contributed by atoms with van der Waals surface area (Å²) in [4.78, 5) is 24.3. The Kier molecular flexibility index (Phi) is 9.81. The summed E-state index contributed by atoms with van der Waals surface area (Å²) in [6, 6.07) is 5.71. The molecule has 0 spiro atoms. The molecule has 0 aromatic heterocycles. The van der Waals surface area contributed by atoms with Gasteiger partial charge in [0.2, 0.25) is 5.91 Å². The van der Waals surface area contributed by atoms with E-state index in [-0.39, 0.29) is 24.2 Å². The van der Waals surface area contributed by atoms with Crippen molar-refractivity contribution in [3.05, 3.63) is 29.6 Å². The molecule has 204 valence electrons. The average Bonchev–Trinajstić information content (AvgIpc) is 3.47. The van der Waals surface area contributed by atoms with Gasteiger partial charge in [0, 0.05) is 38.5 Å². The third-order valence-corrected chi connectivity index (χ3v) is 7.98. The molecule has 2 unspecified atom stereocenters. The molecule has 7 nitrogen and oxygen atoms in total. The van der Waals surface area contributed by atoms with E-state index in [9.17, 15) is 9.18 Å². The van der Waals surface area contributed by atoms with Gasteiger partial charge in [-0.2, -0.15) is 0 Å². The van der Waals surface area contributed by atoms with Crippen molar-refractivity contribution in [1.82, 2.24) is 10.2 Å². The number of likely N-dealkylation sites (tertiary alicyclic amines) is 1. The first-order valence-corrected chi connectivity index (χ1v) is 14.1. The summed E-state index contributed by atoms with van der Waals surface area (Å²) < 4.78 is 20.4. The molecule has 2 atom stereocenters. The topological polar surface area (TPSA) is 75.5 Å². The predicted molar refractivity (Wildman–Crippen MR) is 144 cm³/mol. The lowest BCUT2D eigenvalue weighted by Gasteiger charge is -2.32. The molecule has 3 fully saturated rings. The molecule has 3 aliphatic rings. The second-order valence-electron chi connectivity index (χ2n) is 11.3. The molecule has 1 N–H and O–H groups in total. The summed E-state index contributed by atoms with van der Waals surface area (Å²) in [5, 5.41) is 6.61. The highest BCUT2D eigenvalue weighted by atomic mass is 19.1. The van der Waals surface area contributed by atoms with Gasteiger partial charge in [0.25, 0.3) is 0 Å². The molecule has 0 bridgehead atoms. The summed E-state index contributed by atoms with van der Waals surface area (Å²) in [7, 11) is 0. The van der Waals surface area contributed by atoms with Crippen LogP contribution in [0.2, 0.25) is 0 Å². The van der Waals surface area contributed by atoms with Crippen molar-refractivity contribution in [2.45, 2.75) is 77.7 Å². The van der Waals surface area contributed by atoms with E-state index in [1.807, 2.05) is 0 Å². The Morgan fingerprint density at radius 3 is 2.65 bits per heavy atom. The maximum Gasteiger partial charge on any atom is 0.317 e. The number of amides is 1. The van der Waals surface area contributed by atoms with Gasteiger partial charge in [-0.1, -0.05) is 37.9 Å². The Labute approximate surface area is 220 Å². The maximum atomic E-state index is 14.6. The Morgan fingerprint density at radius 1 is 1.22 bits per heavy atom. The molecular formula is C29H43FN4O3. The van der Waals surface area contributed by atoms with Crippen molar-refractivity contribution in [1.29, 1.82) is 0 Å². The summed E-state index contributed by atoms with van der Waals surface area (Å²) in [6.07, 6.45) is 8.94. The number of carbonyl (C=O) groups excluding carboxylic acids is 1. The van der Waals surface area contributed by atoms with E-state index in [0.29, 0.717) is 35.8 Å². The first kappa shape index (κ1) is 27.4. The number of nitrogens with zero attached hydrogens (tertiary/aromatic N) is 3. The molecule has 37 heavy (non-hydrogen) atoms. The summed E-state index contributed by atoms with van der Waals surface area (Å²) in [5.41, 5.74) is 0.420. The minimum atomic E-state index is -0.373. The number of carbonyl (C=O) groups is 1. The van der Waals surface area contributed by atoms with Gasteiger partial charge in [0.05, 0.1) is 13.0 Å². The monoisotopic (exact) mass is 514 g/mol. The average molecular weight is 515 g/mol. The lowest BCUT2D eigenvalue weighted by atomic mass is 9.90. The van der Waals surface area contributed by atoms with Gasteiger partial charge in [-0.25, -0.2) is 9.38 Å². The highest BCUT2D eigenvalue weighted by Gasteiger charge is 2.43. The van der Waals surface area contributed by atoms with Crippen LogP contribution in [-0.2, 0) is 16.1 Å². The van der Waals surface area contributed by atoms with Crippen LogP contribution < -0.4 is 10.1 Å². The molecule has 1 heterocycles. The van der Waals surface area contributed by atoms with Crippen LogP contribution >= 0.6 is 0 Å². The molecule has 2 aliphatic carbocycles. The van der Waals surface area contributed by atoms with Gasteiger partial charge in [-0.3, -0.25) is 4.79 Å². The Morgan fingerprint density at radius 2 is 1.97 bits per heavy atom. The van der Waals surface area contributed by atoms with Crippen LogP contribution in [0.3, 0.4) is 0 Å².